The molecule has 2 heterocycles. The Hall–Kier alpha value is -2.83. The van der Waals surface area contributed by atoms with Gasteiger partial charge in [0.25, 0.3) is 0 Å². The minimum absolute atomic E-state index is 0.135. The molecule has 0 aliphatic carbocycles. The molecular formula is C17H15F2N3O2. The van der Waals surface area contributed by atoms with Crippen molar-refractivity contribution in [3.8, 4) is 0 Å². The van der Waals surface area contributed by atoms with Crippen LogP contribution in [0, 0.1) is 11.6 Å². The summed E-state index contributed by atoms with van der Waals surface area (Å²) in [6.07, 6.45) is 3.02. The number of hydrogen-bond donors (Lipinski definition) is 0. The average Bonchev–Trinajstić information content (AvgIpc) is 2.58. The fourth-order valence-electron chi connectivity index (χ4n) is 2.45. The summed E-state index contributed by atoms with van der Waals surface area (Å²) >= 11 is 0. The number of halogens is 2. The van der Waals surface area contributed by atoms with Crippen LogP contribution >= 0.6 is 0 Å². The SMILES string of the molecule is CCOC(=O)c1cnc2c(c1)N(Cc1cc(F)ccc1F)CC=N2. The van der Waals surface area contributed by atoms with Gasteiger partial charge < -0.3 is 9.64 Å². The first-order valence-electron chi connectivity index (χ1n) is 7.47. The molecule has 0 unspecified atom stereocenters. The van der Waals surface area contributed by atoms with Gasteiger partial charge in [0.2, 0.25) is 0 Å². The van der Waals surface area contributed by atoms with E-state index in [0.717, 1.165) is 18.2 Å². The van der Waals surface area contributed by atoms with Gasteiger partial charge in [0, 0.05) is 24.5 Å². The van der Waals surface area contributed by atoms with Crippen molar-refractivity contribution in [1.82, 2.24) is 4.98 Å². The molecule has 0 fully saturated rings. The van der Waals surface area contributed by atoms with Gasteiger partial charge in [-0.3, -0.25) is 0 Å². The van der Waals surface area contributed by atoms with Crippen LogP contribution in [-0.4, -0.2) is 30.3 Å². The fourth-order valence-corrected chi connectivity index (χ4v) is 2.45. The second-order valence-electron chi connectivity index (χ2n) is 5.22. The van der Waals surface area contributed by atoms with Gasteiger partial charge in [0.05, 0.1) is 24.4 Å². The Bertz CT molecular complexity index is 808. The normalized spacial score (nSPS) is 12.9. The monoisotopic (exact) mass is 331 g/mol. The van der Waals surface area contributed by atoms with E-state index in [0.29, 0.717) is 18.1 Å². The Kier molecular flexibility index (Phi) is 4.50. The highest BCUT2D eigenvalue weighted by Crippen LogP contribution is 2.31. The Morgan fingerprint density at radius 1 is 1.33 bits per heavy atom. The summed E-state index contributed by atoms with van der Waals surface area (Å²) in [6, 6.07) is 4.93. The predicted molar refractivity (Wildman–Crippen MR) is 85.8 cm³/mol. The molecule has 0 saturated heterocycles. The van der Waals surface area contributed by atoms with Crippen LogP contribution in [0.5, 0.6) is 0 Å². The van der Waals surface area contributed by atoms with Crippen molar-refractivity contribution in [1.29, 1.82) is 0 Å². The number of esters is 1. The quantitative estimate of drug-likeness (QED) is 0.807. The third-order valence-corrected chi connectivity index (χ3v) is 3.58. The van der Waals surface area contributed by atoms with E-state index in [9.17, 15) is 13.6 Å². The zero-order chi connectivity index (χ0) is 17.1. The molecule has 1 aliphatic rings. The van der Waals surface area contributed by atoms with Crippen molar-refractivity contribution in [2.24, 2.45) is 4.99 Å². The van der Waals surface area contributed by atoms with Crippen LogP contribution in [-0.2, 0) is 11.3 Å². The summed E-state index contributed by atoms with van der Waals surface area (Å²) in [7, 11) is 0. The lowest BCUT2D eigenvalue weighted by atomic mass is 10.1. The van der Waals surface area contributed by atoms with E-state index in [1.807, 2.05) is 0 Å². The van der Waals surface area contributed by atoms with Gasteiger partial charge >= 0.3 is 5.97 Å². The number of rotatable bonds is 4. The van der Waals surface area contributed by atoms with Crippen LogP contribution in [0.2, 0.25) is 0 Å². The Morgan fingerprint density at radius 3 is 2.96 bits per heavy atom. The molecule has 124 valence electrons. The number of hydrogen-bond acceptors (Lipinski definition) is 5. The number of pyridine rings is 1. The molecule has 7 heteroatoms. The summed E-state index contributed by atoms with van der Waals surface area (Å²) in [5, 5.41) is 0. The first kappa shape index (κ1) is 16.0. The summed E-state index contributed by atoms with van der Waals surface area (Å²) in [5.41, 5.74) is 1.09. The minimum atomic E-state index is -0.504. The maximum Gasteiger partial charge on any atom is 0.339 e. The lowest BCUT2D eigenvalue weighted by molar-refractivity contribution is 0.0526. The Morgan fingerprint density at radius 2 is 2.17 bits per heavy atom. The molecule has 1 aliphatic heterocycles. The fraction of sp³-hybridized carbons (Fsp3) is 0.235. The maximum absolute atomic E-state index is 13.9. The van der Waals surface area contributed by atoms with Crippen LogP contribution in [0.4, 0.5) is 20.3 Å². The van der Waals surface area contributed by atoms with E-state index in [2.05, 4.69) is 9.98 Å². The van der Waals surface area contributed by atoms with Crippen molar-refractivity contribution in [3.05, 3.63) is 53.2 Å². The predicted octanol–water partition coefficient (Wildman–Crippen LogP) is 3.26. The van der Waals surface area contributed by atoms with Crippen LogP contribution in [0.3, 0.4) is 0 Å². The molecule has 0 saturated carbocycles. The second kappa shape index (κ2) is 6.74. The topological polar surface area (TPSA) is 54.8 Å². The molecule has 3 rings (SSSR count). The van der Waals surface area contributed by atoms with E-state index in [-0.39, 0.29) is 24.3 Å². The smallest absolute Gasteiger partial charge is 0.339 e. The van der Waals surface area contributed by atoms with E-state index >= 15 is 0 Å². The van der Waals surface area contributed by atoms with E-state index in [1.54, 1.807) is 24.1 Å². The van der Waals surface area contributed by atoms with Crippen molar-refractivity contribution < 1.29 is 18.3 Å². The van der Waals surface area contributed by atoms with Gasteiger partial charge in [0.1, 0.15) is 11.6 Å². The number of benzene rings is 1. The number of fused-ring (bicyclic) bond motifs is 1. The summed E-state index contributed by atoms with van der Waals surface area (Å²) in [6.45, 7) is 2.51. The van der Waals surface area contributed by atoms with E-state index in [1.165, 1.54) is 6.20 Å². The van der Waals surface area contributed by atoms with Crippen LogP contribution in [0.25, 0.3) is 0 Å². The molecule has 0 atom stereocenters. The van der Waals surface area contributed by atoms with Crippen molar-refractivity contribution in [2.45, 2.75) is 13.5 Å². The average molecular weight is 331 g/mol. The molecule has 1 aromatic heterocycles. The van der Waals surface area contributed by atoms with Crippen molar-refractivity contribution in [3.63, 3.8) is 0 Å². The van der Waals surface area contributed by atoms with Gasteiger partial charge in [-0.15, -0.1) is 0 Å². The maximum atomic E-state index is 13.9. The Balaban J connectivity index is 1.92. The van der Waals surface area contributed by atoms with Gasteiger partial charge in [-0.25, -0.2) is 23.6 Å². The second-order valence-corrected chi connectivity index (χ2v) is 5.22. The molecule has 0 amide bonds. The van der Waals surface area contributed by atoms with E-state index in [4.69, 9.17) is 4.74 Å². The van der Waals surface area contributed by atoms with Gasteiger partial charge in [-0.05, 0) is 31.2 Å². The van der Waals surface area contributed by atoms with Gasteiger partial charge in [-0.2, -0.15) is 0 Å². The Labute approximate surface area is 137 Å². The van der Waals surface area contributed by atoms with Crippen molar-refractivity contribution in [2.75, 3.05) is 18.1 Å². The molecule has 0 radical (unpaired) electrons. The number of ether oxygens (including phenoxy) is 1. The standard InChI is InChI=1S/C17H15F2N3O2/c1-2-24-17(23)11-8-15-16(21-9-11)20-5-6-22(15)10-12-7-13(18)3-4-14(12)19/h3-5,7-9H,2,6,10H2,1H3. The lowest BCUT2D eigenvalue weighted by Gasteiger charge is -2.27. The number of nitrogens with zero attached hydrogens (tertiary/aromatic N) is 3. The van der Waals surface area contributed by atoms with Gasteiger partial charge in [-0.1, -0.05) is 0 Å². The molecule has 0 spiro atoms. The molecule has 1 aromatic carbocycles. The zero-order valence-electron chi connectivity index (χ0n) is 13.0. The van der Waals surface area contributed by atoms with Gasteiger partial charge in [0.15, 0.2) is 5.82 Å². The number of carbonyl (C=O) groups is 1. The molecule has 5 nitrogen and oxygen atoms in total. The first-order valence-corrected chi connectivity index (χ1v) is 7.47. The van der Waals surface area contributed by atoms with Crippen LogP contribution < -0.4 is 4.90 Å². The highest BCUT2D eigenvalue weighted by Gasteiger charge is 2.20. The third-order valence-electron chi connectivity index (χ3n) is 3.58. The van der Waals surface area contributed by atoms with Crippen LogP contribution in [0.1, 0.15) is 22.8 Å². The number of anilines is 1. The highest BCUT2D eigenvalue weighted by molar-refractivity contribution is 5.92. The molecule has 24 heavy (non-hydrogen) atoms. The number of carbonyl (C=O) groups excluding carboxylic acids is 1. The molecule has 2 aromatic rings. The van der Waals surface area contributed by atoms with E-state index < -0.39 is 17.6 Å². The zero-order valence-corrected chi connectivity index (χ0v) is 13.0. The molecular weight excluding hydrogens is 316 g/mol. The van der Waals surface area contributed by atoms with Crippen LogP contribution in [0.15, 0.2) is 35.5 Å². The highest BCUT2D eigenvalue weighted by atomic mass is 19.1. The van der Waals surface area contributed by atoms with Crippen molar-refractivity contribution >= 4 is 23.7 Å². The largest absolute Gasteiger partial charge is 0.462 e. The third kappa shape index (κ3) is 3.24. The molecule has 0 bridgehead atoms. The summed E-state index contributed by atoms with van der Waals surface area (Å²) in [5.74, 6) is -1.06. The number of aliphatic imine (C=N–C) groups is 1. The summed E-state index contributed by atoms with van der Waals surface area (Å²) in [4.78, 5) is 22.0. The first-order chi connectivity index (χ1) is 11.6. The lowest BCUT2D eigenvalue weighted by Crippen LogP contribution is -2.28. The number of aromatic nitrogens is 1. The summed E-state index contributed by atoms with van der Waals surface area (Å²) < 4.78 is 32.2. The molecule has 0 N–H and O–H groups in total. The minimum Gasteiger partial charge on any atom is -0.462 e.